The predicted molar refractivity (Wildman–Crippen MR) is 163 cm³/mol. The van der Waals surface area contributed by atoms with Gasteiger partial charge in [-0.25, -0.2) is 0 Å². The number of benzene rings is 4. The van der Waals surface area contributed by atoms with Gasteiger partial charge < -0.3 is 40.9 Å². The molecule has 226 valence electrons. The molecule has 0 aromatic heterocycles. The van der Waals surface area contributed by atoms with Gasteiger partial charge in [-0.2, -0.15) is 0 Å². The minimum atomic E-state index is -0.924. The van der Waals surface area contributed by atoms with Gasteiger partial charge in [-0.3, -0.25) is 9.59 Å². The quantitative estimate of drug-likeness (QED) is 0.106. The van der Waals surface area contributed by atoms with Crippen LogP contribution < -0.4 is 15.4 Å². The molecule has 4 aromatic rings. The summed E-state index contributed by atoms with van der Waals surface area (Å²) in [4.78, 5) is 26.1. The topological polar surface area (TPSA) is 169 Å². The number of carbonyl (C=O) groups excluding carboxylic acids is 2. The maximum atomic E-state index is 13.6. The number of carbonyl (C=O) groups is 2. The number of aromatic hydroxyl groups is 5. The molecule has 0 saturated carbocycles. The molecule has 0 aliphatic carbocycles. The predicted octanol–water partition coefficient (Wildman–Crippen LogP) is 4.16. The average Bonchev–Trinajstić information content (AvgIpc) is 3.40. The molecule has 0 spiro atoms. The van der Waals surface area contributed by atoms with Gasteiger partial charge in [0, 0.05) is 24.7 Å². The van der Waals surface area contributed by atoms with Gasteiger partial charge in [0.15, 0.2) is 23.0 Å². The summed E-state index contributed by atoms with van der Waals surface area (Å²) in [5.74, 6) is -2.15. The Bertz CT molecular complexity index is 1680. The van der Waals surface area contributed by atoms with E-state index in [-0.39, 0.29) is 46.3 Å². The molecule has 7 N–H and O–H groups in total. The molecule has 10 heteroatoms. The first-order chi connectivity index (χ1) is 21.2. The van der Waals surface area contributed by atoms with E-state index in [0.717, 1.165) is 11.1 Å². The molecule has 2 amide bonds. The van der Waals surface area contributed by atoms with E-state index < -0.39 is 12.0 Å². The van der Waals surface area contributed by atoms with Gasteiger partial charge in [-0.15, -0.1) is 0 Å². The minimum absolute atomic E-state index is 0.108. The molecule has 4 aromatic carbocycles. The van der Waals surface area contributed by atoms with Crippen LogP contribution in [0.5, 0.6) is 34.5 Å². The normalized spacial score (nSPS) is 15.5. The molecule has 0 bridgehead atoms. The number of ether oxygens (including phenoxy) is 1. The first-order valence-corrected chi connectivity index (χ1v) is 14.0. The lowest BCUT2D eigenvalue weighted by Crippen LogP contribution is -2.33. The molecule has 44 heavy (non-hydrogen) atoms. The maximum Gasteiger partial charge on any atom is 0.244 e. The Morgan fingerprint density at radius 2 is 1.32 bits per heavy atom. The first kappa shape index (κ1) is 29.8. The third-order valence-electron chi connectivity index (χ3n) is 7.34. The summed E-state index contributed by atoms with van der Waals surface area (Å²) in [5, 5.41) is 55.4. The van der Waals surface area contributed by atoms with Crippen molar-refractivity contribution in [1.29, 1.82) is 0 Å². The van der Waals surface area contributed by atoms with Gasteiger partial charge in [0.05, 0.1) is 0 Å². The van der Waals surface area contributed by atoms with Gasteiger partial charge in [0.25, 0.3) is 0 Å². The zero-order valence-electron chi connectivity index (χ0n) is 23.6. The fourth-order valence-electron chi connectivity index (χ4n) is 5.05. The summed E-state index contributed by atoms with van der Waals surface area (Å²) in [6.45, 7) is 0.670. The number of phenolic OH excluding ortho intramolecular Hbond substituents is 5. The summed E-state index contributed by atoms with van der Waals surface area (Å²) in [7, 11) is 0. The van der Waals surface area contributed by atoms with Crippen molar-refractivity contribution in [3.8, 4) is 34.5 Å². The number of hydrogen-bond acceptors (Lipinski definition) is 8. The van der Waals surface area contributed by atoms with E-state index in [1.54, 1.807) is 54.6 Å². The van der Waals surface area contributed by atoms with E-state index in [9.17, 15) is 35.1 Å². The largest absolute Gasteiger partial charge is 0.508 e. The van der Waals surface area contributed by atoms with Crippen LogP contribution in [0.1, 0.15) is 39.8 Å². The lowest BCUT2D eigenvalue weighted by Gasteiger charge is -2.20. The molecule has 10 nitrogen and oxygen atoms in total. The third-order valence-corrected chi connectivity index (χ3v) is 7.34. The van der Waals surface area contributed by atoms with Gasteiger partial charge in [-0.1, -0.05) is 30.3 Å². The summed E-state index contributed by atoms with van der Waals surface area (Å²) < 4.78 is 6.06. The number of hydrogen-bond donors (Lipinski definition) is 7. The van der Waals surface area contributed by atoms with Crippen molar-refractivity contribution in [2.45, 2.75) is 24.9 Å². The molecule has 0 unspecified atom stereocenters. The van der Waals surface area contributed by atoms with Crippen LogP contribution in [-0.4, -0.2) is 50.4 Å². The number of fused-ring (bicyclic) bond motifs is 1. The summed E-state index contributed by atoms with van der Waals surface area (Å²) in [6, 6.07) is 20.6. The number of amides is 2. The smallest absolute Gasteiger partial charge is 0.244 e. The molecule has 1 aliphatic rings. The van der Waals surface area contributed by atoms with E-state index in [1.807, 2.05) is 0 Å². The molecule has 0 radical (unpaired) electrons. The van der Waals surface area contributed by atoms with Crippen LogP contribution in [0.15, 0.2) is 84.9 Å². The number of phenols is 5. The van der Waals surface area contributed by atoms with Crippen molar-refractivity contribution < 1.29 is 39.9 Å². The lowest BCUT2D eigenvalue weighted by molar-refractivity contribution is -0.124. The van der Waals surface area contributed by atoms with E-state index in [4.69, 9.17) is 4.74 Å². The van der Waals surface area contributed by atoms with E-state index in [0.29, 0.717) is 42.6 Å². The van der Waals surface area contributed by atoms with Crippen LogP contribution >= 0.6 is 0 Å². The molecule has 0 fully saturated rings. The van der Waals surface area contributed by atoms with Gasteiger partial charge >= 0.3 is 0 Å². The van der Waals surface area contributed by atoms with Crippen LogP contribution in [0.3, 0.4) is 0 Å². The molecule has 5 rings (SSSR count). The van der Waals surface area contributed by atoms with Gasteiger partial charge in [0.1, 0.15) is 23.5 Å². The van der Waals surface area contributed by atoms with Crippen LogP contribution in [0.4, 0.5) is 0 Å². The summed E-state index contributed by atoms with van der Waals surface area (Å²) in [5.41, 5.74) is 3.16. The Balaban J connectivity index is 1.33. The fraction of sp³-hybridized carbons (Fsp3) is 0.176. The summed E-state index contributed by atoms with van der Waals surface area (Å²) >= 11 is 0. The molecule has 0 saturated heterocycles. The highest BCUT2D eigenvalue weighted by atomic mass is 16.5. The van der Waals surface area contributed by atoms with Gasteiger partial charge in [-0.05, 0) is 89.7 Å². The Kier molecular flexibility index (Phi) is 8.90. The molecule has 2 atom stereocenters. The van der Waals surface area contributed by atoms with Crippen LogP contribution in [-0.2, 0) is 22.4 Å². The van der Waals surface area contributed by atoms with Crippen molar-refractivity contribution in [1.82, 2.24) is 10.6 Å². The highest BCUT2D eigenvalue weighted by Gasteiger charge is 2.42. The monoisotopic (exact) mass is 596 g/mol. The van der Waals surface area contributed by atoms with Crippen molar-refractivity contribution in [3.63, 3.8) is 0 Å². The van der Waals surface area contributed by atoms with Crippen LogP contribution in [0.2, 0.25) is 0 Å². The standard InChI is InChI=1S/C34H32N2O8/c37-24-7-1-20(2-8-24)13-15-35-30(42)12-5-22-17-26-31(34(43)36-16-14-21-3-9-25(38)10-4-21)32(44-33(26)29(41)18-22)23-6-11-27(39)28(40)19-23/h1-12,17-19,31-32,37-41H,13-16H2,(H,35,42)(H,36,43)/b12-5+/t31-,32+/m1/s1. The summed E-state index contributed by atoms with van der Waals surface area (Å²) in [6.07, 6.45) is 3.02. The van der Waals surface area contributed by atoms with Crippen molar-refractivity contribution >= 4 is 17.9 Å². The third kappa shape index (κ3) is 7.04. The van der Waals surface area contributed by atoms with Crippen molar-refractivity contribution in [3.05, 3.63) is 113 Å². The SMILES string of the molecule is O=C(/C=C/c1cc(O)c2c(c1)[C@@H](C(=O)NCCc1ccc(O)cc1)[C@H](c1ccc(O)c(O)c1)O2)NCCc1ccc(O)cc1. The van der Waals surface area contributed by atoms with Crippen molar-refractivity contribution in [2.75, 3.05) is 13.1 Å². The zero-order valence-corrected chi connectivity index (χ0v) is 23.6. The van der Waals surface area contributed by atoms with Gasteiger partial charge in [0.2, 0.25) is 11.8 Å². The highest BCUT2D eigenvalue weighted by Crippen LogP contribution is 2.51. The van der Waals surface area contributed by atoms with Crippen LogP contribution in [0.25, 0.3) is 6.08 Å². The highest BCUT2D eigenvalue weighted by molar-refractivity contribution is 5.92. The minimum Gasteiger partial charge on any atom is -0.508 e. The Labute approximate surface area is 253 Å². The maximum absolute atomic E-state index is 13.6. The number of nitrogens with one attached hydrogen (secondary N) is 2. The van der Waals surface area contributed by atoms with Crippen molar-refractivity contribution in [2.24, 2.45) is 0 Å². The second kappa shape index (κ2) is 13.1. The average molecular weight is 597 g/mol. The molecule has 1 aliphatic heterocycles. The molecular weight excluding hydrogens is 564 g/mol. The Morgan fingerprint density at radius 1 is 0.705 bits per heavy atom. The van der Waals surface area contributed by atoms with E-state index in [1.165, 1.54) is 36.4 Å². The lowest BCUT2D eigenvalue weighted by atomic mass is 9.89. The zero-order chi connectivity index (χ0) is 31.2. The Hall–Kier alpha value is -5.64. The van der Waals surface area contributed by atoms with E-state index >= 15 is 0 Å². The fourth-order valence-corrected chi connectivity index (χ4v) is 5.05. The van der Waals surface area contributed by atoms with E-state index in [2.05, 4.69) is 10.6 Å². The second-order valence-corrected chi connectivity index (χ2v) is 10.5. The second-order valence-electron chi connectivity index (χ2n) is 10.5. The molecule has 1 heterocycles. The Morgan fingerprint density at radius 3 is 1.93 bits per heavy atom. The van der Waals surface area contributed by atoms with Crippen LogP contribution in [0, 0.1) is 0 Å². The number of rotatable bonds is 10. The first-order valence-electron chi connectivity index (χ1n) is 14.0. The molecular formula is C34H32N2O8.